The minimum absolute atomic E-state index is 0.493. The number of pyridine rings is 1. The molecule has 2 aliphatic rings. The van der Waals surface area contributed by atoms with Crippen LogP contribution in [0.2, 0.25) is 0 Å². The highest BCUT2D eigenvalue weighted by atomic mass is 32.1. The Hall–Kier alpha value is -4.66. The Kier molecular flexibility index (Phi) is 8.96. The predicted molar refractivity (Wildman–Crippen MR) is 174 cm³/mol. The molecular formula is C32H34N10S. The number of hydrogen-bond donors (Lipinski definition) is 2. The van der Waals surface area contributed by atoms with E-state index < -0.39 is 0 Å². The number of rotatable bonds is 3. The van der Waals surface area contributed by atoms with Crippen LogP contribution < -0.4 is 20.0 Å². The summed E-state index contributed by atoms with van der Waals surface area (Å²) in [5, 5.41) is 15.1. The van der Waals surface area contributed by atoms with E-state index >= 15 is 0 Å². The summed E-state index contributed by atoms with van der Waals surface area (Å²) < 4.78 is 0.493. The van der Waals surface area contributed by atoms with Crippen molar-refractivity contribution in [3.05, 3.63) is 83.7 Å². The third-order valence-corrected chi connectivity index (χ3v) is 8.19. The zero-order valence-corrected chi connectivity index (χ0v) is 24.8. The average Bonchev–Trinajstić information content (AvgIpc) is 3.48. The molecule has 0 unspecified atom stereocenters. The summed E-state index contributed by atoms with van der Waals surface area (Å²) in [5.74, 6) is 2.04. The zero-order chi connectivity index (χ0) is 29.4. The molecule has 2 aliphatic heterocycles. The number of aromatic nitrogens is 5. The van der Waals surface area contributed by atoms with E-state index in [2.05, 4.69) is 63.1 Å². The predicted octanol–water partition coefficient (Wildman–Crippen LogP) is 4.71. The smallest absolute Gasteiger partial charge is 0.139 e. The lowest BCUT2D eigenvalue weighted by atomic mass is 10.2. The van der Waals surface area contributed by atoms with Gasteiger partial charge in [0.15, 0.2) is 0 Å². The van der Waals surface area contributed by atoms with E-state index in [0.717, 1.165) is 97.9 Å². The fourth-order valence-electron chi connectivity index (χ4n) is 5.75. The van der Waals surface area contributed by atoms with Crippen molar-refractivity contribution in [3.63, 3.8) is 0 Å². The highest BCUT2D eigenvalue weighted by molar-refractivity contribution is 7.71. The largest absolute Gasteiger partial charge is 0.368 e. The molecular weight excluding hydrogens is 556 g/mol. The number of anilines is 3. The van der Waals surface area contributed by atoms with E-state index in [1.165, 1.54) is 6.42 Å². The van der Waals surface area contributed by atoms with E-state index in [1.54, 1.807) is 18.9 Å². The van der Waals surface area contributed by atoms with Gasteiger partial charge in [-0.2, -0.15) is 5.26 Å². The number of H-pyrrole nitrogens is 1. The van der Waals surface area contributed by atoms with E-state index in [-0.39, 0.29) is 0 Å². The van der Waals surface area contributed by atoms with Crippen molar-refractivity contribution in [2.75, 3.05) is 67.1 Å². The van der Waals surface area contributed by atoms with Gasteiger partial charge in [0.05, 0.1) is 16.7 Å². The van der Waals surface area contributed by atoms with Crippen LogP contribution in [-0.4, -0.2) is 77.3 Å². The molecule has 0 amide bonds. The number of hydrogen-bond acceptors (Lipinski definition) is 10. The van der Waals surface area contributed by atoms with Crippen molar-refractivity contribution in [2.45, 2.75) is 12.8 Å². The van der Waals surface area contributed by atoms with Crippen LogP contribution >= 0.6 is 12.2 Å². The van der Waals surface area contributed by atoms with Gasteiger partial charge >= 0.3 is 0 Å². The van der Waals surface area contributed by atoms with Gasteiger partial charge in [0.25, 0.3) is 0 Å². The summed E-state index contributed by atoms with van der Waals surface area (Å²) in [5.41, 5.74) is 3.43. The number of nitrogens with zero attached hydrogens (tertiary/aromatic N) is 8. The fourth-order valence-corrected chi connectivity index (χ4v) is 5.97. The van der Waals surface area contributed by atoms with Crippen LogP contribution in [0, 0.1) is 16.0 Å². The molecule has 2 N–H and O–H groups in total. The Morgan fingerprint density at radius 2 is 1.28 bits per heavy atom. The Morgan fingerprint density at radius 3 is 1.98 bits per heavy atom. The van der Waals surface area contributed by atoms with Gasteiger partial charge in [-0.15, -0.1) is 0 Å². The van der Waals surface area contributed by atoms with E-state index in [4.69, 9.17) is 12.2 Å². The molecule has 218 valence electrons. The molecule has 2 fully saturated rings. The molecule has 7 rings (SSSR count). The molecule has 5 heterocycles. The molecule has 5 aromatic rings. The number of nitriles is 1. The van der Waals surface area contributed by atoms with Gasteiger partial charge in [-0.05, 0) is 49.7 Å². The molecule has 2 aromatic carbocycles. The normalized spacial score (nSPS) is 15.7. The molecule has 0 radical (unpaired) electrons. The van der Waals surface area contributed by atoms with Crippen LogP contribution in [0.5, 0.6) is 0 Å². The summed E-state index contributed by atoms with van der Waals surface area (Å²) in [7, 11) is 0. The van der Waals surface area contributed by atoms with Gasteiger partial charge in [0.2, 0.25) is 0 Å². The Morgan fingerprint density at radius 1 is 0.674 bits per heavy atom. The highest BCUT2D eigenvalue weighted by Crippen LogP contribution is 2.26. The highest BCUT2D eigenvalue weighted by Gasteiger charge is 2.20. The lowest BCUT2D eigenvalue weighted by Crippen LogP contribution is -2.31. The molecule has 43 heavy (non-hydrogen) atoms. The first kappa shape index (κ1) is 28.5. The maximum Gasteiger partial charge on any atom is 0.139 e. The number of nitrogens with one attached hydrogen (secondary N) is 2. The molecule has 3 aromatic heterocycles. The van der Waals surface area contributed by atoms with Crippen LogP contribution in [0.1, 0.15) is 18.4 Å². The lowest BCUT2D eigenvalue weighted by Gasteiger charge is -2.25. The van der Waals surface area contributed by atoms with Crippen LogP contribution in [0.4, 0.5) is 17.3 Å². The fraction of sp³-hybridized carbons (Fsp3) is 0.312. The number of fused-ring (bicyclic) bond motifs is 2. The average molecular weight is 591 g/mol. The molecule has 10 nitrogen and oxygen atoms in total. The molecule has 0 atom stereocenters. The summed E-state index contributed by atoms with van der Waals surface area (Å²) in [6.07, 6.45) is 7.24. The molecule has 11 heteroatoms. The van der Waals surface area contributed by atoms with Crippen molar-refractivity contribution >= 4 is 51.3 Å². The minimum Gasteiger partial charge on any atom is -0.368 e. The quantitative estimate of drug-likeness (QED) is 0.287. The first-order valence-electron chi connectivity index (χ1n) is 14.7. The van der Waals surface area contributed by atoms with Gasteiger partial charge in [-0.25, -0.2) is 19.9 Å². The first-order valence-corrected chi connectivity index (χ1v) is 15.1. The van der Waals surface area contributed by atoms with Crippen LogP contribution in [0.25, 0.3) is 21.8 Å². The number of benzene rings is 2. The van der Waals surface area contributed by atoms with Gasteiger partial charge in [0, 0.05) is 62.8 Å². The van der Waals surface area contributed by atoms with Crippen molar-refractivity contribution in [2.24, 2.45) is 0 Å². The van der Waals surface area contributed by atoms with Gasteiger partial charge in [-0.3, -0.25) is 0 Å². The van der Waals surface area contributed by atoms with Crippen LogP contribution in [0.3, 0.4) is 0 Å². The minimum atomic E-state index is 0.493. The third kappa shape index (κ3) is 6.40. The summed E-state index contributed by atoms with van der Waals surface area (Å²) in [6.45, 7) is 7.64. The Balaban J connectivity index is 0.000000167. The third-order valence-electron chi connectivity index (χ3n) is 7.87. The second kappa shape index (κ2) is 13.5. The molecule has 0 saturated carbocycles. The monoisotopic (exact) mass is 590 g/mol. The Labute approximate surface area is 256 Å². The summed E-state index contributed by atoms with van der Waals surface area (Å²) in [6, 6.07) is 20.5. The zero-order valence-electron chi connectivity index (χ0n) is 24.0. The molecule has 0 spiro atoms. The second-order valence-electron chi connectivity index (χ2n) is 10.5. The van der Waals surface area contributed by atoms with Gasteiger partial charge in [0.1, 0.15) is 40.6 Å². The van der Waals surface area contributed by atoms with Crippen LogP contribution in [0.15, 0.2) is 73.4 Å². The number of para-hydroxylation sites is 2. The second-order valence-corrected chi connectivity index (χ2v) is 10.9. The van der Waals surface area contributed by atoms with Crippen molar-refractivity contribution in [1.82, 2.24) is 30.2 Å². The summed E-state index contributed by atoms with van der Waals surface area (Å²) in [4.78, 5) is 27.5. The topological polar surface area (TPSA) is 113 Å². The Bertz CT molecular complexity index is 1780. The summed E-state index contributed by atoms with van der Waals surface area (Å²) >= 11 is 5.26. The van der Waals surface area contributed by atoms with Crippen LogP contribution in [-0.2, 0) is 0 Å². The molecule has 2 saturated heterocycles. The molecule has 0 bridgehead atoms. The SMILES string of the molecule is N#Cc1c(N2CCCN(c3ncnc4ccccc34)CC2)cc[nH]c1=S.c1ccc2c(N3CCCNCC3)ncnc2c1. The van der Waals surface area contributed by atoms with E-state index in [0.29, 0.717) is 10.2 Å². The molecule has 0 aliphatic carbocycles. The lowest BCUT2D eigenvalue weighted by molar-refractivity contribution is 0.724. The maximum atomic E-state index is 9.46. The maximum absolute atomic E-state index is 9.46. The number of aromatic amines is 1. The van der Waals surface area contributed by atoms with E-state index in [1.807, 2.05) is 42.5 Å². The van der Waals surface area contributed by atoms with Crippen molar-refractivity contribution in [1.29, 1.82) is 5.26 Å². The standard InChI is InChI=1S/C19H18N6S.C13H16N4/c20-12-15-17(6-7-21-19(15)26)24-8-3-9-25(11-10-24)18-14-4-1-2-5-16(14)22-13-23-18;1-2-5-12-11(4-1)13(16-10-15-12)17-8-3-6-14-7-9-17/h1-2,4-7,13H,3,8-11H2,(H,21,26);1-2,4-5,10,14H,3,6-9H2. The first-order chi connectivity index (χ1) is 21.2. The van der Waals surface area contributed by atoms with E-state index in [9.17, 15) is 5.26 Å². The van der Waals surface area contributed by atoms with Gasteiger partial charge < -0.3 is 25.0 Å². The van der Waals surface area contributed by atoms with Gasteiger partial charge in [-0.1, -0.05) is 36.5 Å². The van der Waals surface area contributed by atoms with Crippen molar-refractivity contribution in [3.8, 4) is 6.07 Å². The van der Waals surface area contributed by atoms with Crippen molar-refractivity contribution < 1.29 is 0 Å².